The number of carbonyl (C=O) groups is 1. The van der Waals surface area contributed by atoms with Crippen LogP contribution in [-0.2, 0) is 11.2 Å². The minimum atomic E-state index is -0.177. The summed E-state index contributed by atoms with van der Waals surface area (Å²) in [6, 6.07) is 11.0. The summed E-state index contributed by atoms with van der Waals surface area (Å²) in [5.74, 6) is -0.177. The molecule has 0 aliphatic rings. The molecular formula is C16H13Br2ClN2O. The van der Waals surface area contributed by atoms with Crippen LogP contribution in [0.2, 0.25) is 5.02 Å². The molecule has 1 amide bonds. The van der Waals surface area contributed by atoms with Gasteiger partial charge in [0, 0.05) is 14.0 Å². The number of nitrogens with one attached hydrogen (secondary N) is 1. The molecule has 2 aromatic rings. The third-order valence-corrected chi connectivity index (χ3v) is 4.88. The molecule has 0 fully saturated rings. The van der Waals surface area contributed by atoms with Crippen LogP contribution in [0.3, 0.4) is 0 Å². The highest BCUT2D eigenvalue weighted by atomic mass is 79.9. The van der Waals surface area contributed by atoms with Crippen molar-refractivity contribution < 1.29 is 4.79 Å². The van der Waals surface area contributed by atoms with Crippen LogP contribution >= 0.6 is 43.5 Å². The largest absolute Gasteiger partial charge is 0.273 e. The van der Waals surface area contributed by atoms with Crippen molar-refractivity contribution in [2.24, 2.45) is 5.10 Å². The molecule has 0 atom stereocenters. The first-order valence-corrected chi connectivity index (χ1v) is 8.44. The SMILES string of the molecule is Cc1c(Br)cc(/C=N/NC(=O)Cc2ccc(Cl)cc2)cc1Br. The second-order valence-corrected chi connectivity index (χ2v) is 6.85. The summed E-state index contributed by atoms with van der Waals surface area (Å²) in [7, 11) is 0. The minimum absolute atomic E-state index is 0.177. The van der Waals surface area contributed by atoms with Crippen LogP contribution in [0.1, 0.15) is 16.7 Å². The molecule has 22 heavy (non-hydrogen) atoms. The molecule has 0 bridgehead atoms. The lowest BCUT2D eigenvalue weighted by Gasteiger charge is -2.03. The molecular weight excluding hydrogens is 431 g/mol. The van der Waals surface area contributed by atoms with E-state index in [0.29, 0.717) is 5.02 Å². The highest BCUT2D eigenvalue weighted by Gasteiger charge is 2.03. The Bertz CT molecular complexity index is 692. The maximum atomic E-state index is 11.8. The lowest BCUT2D eigenvalue weighted by atomic mass is 10.1. The first kappa shape index (κ1) is 17.2. The molecule has 2 aromatic carbocycles. The van der Waals surface area contributed by atoms with Crippen molar-refractivity contribution in [3.05, 3.63) is 67.1 Å². The van der Waals surface area contributed by atoms with Crippen molar-refractivity contribution in [1.29, 1.82) is 0 Å². The monoisotopic (exact) mass is 442 g/mol. The normalized spacial score (nSPS) is 10.9. The molecule has 114 valence electrons. The van der Waals surface area contributed by atoms with Gasteiger partial charge < -0.3 is 0 Å². The number of halogens is 3. The Morgan fingerprint density at radius 2 is 1.82 bits per heavy atom. The Kier molecular flexibility index (Phi) is 6.17. The second-order valence-electron chi connectivity index (χ2n) is 4.71. The average molecular weight is 445 g/mol. The van der Waals surface area contributed by atoms with E-state index in [-0.39, 0.29) is 12.3 Å². The fourth-order valence-corrected chi connectivity index (χ4v) is 3.09. The van der Waals surface area contributed by atoms with E-state index in [9.17, 15) is 4.79 Å². The molecule has 1 N–H and O–H groups in total. The zero-order chi connectivity index (χ0) is 16.1. The maximum absolute atomic E-state index is 11.8. The van der Waals surface area contributed by atoms with E-state index >= 15 is 0 Å². The fourth-order valence-electron chi connectivity index (χ4n) is 1.75. The zero-order valence-corrected chi connectivity index (χ0v) is 15.7. The van der Waals surface area contributed by atoms with Crippen LogP contribution in [0, 0.1) is 6.92 Å². The second kappa shape index (κ2) is 7.90. The Labute approximate surface area is 151 Å². The maximum Gasteiger partial charge on any atom is 0.244 e. The Hall–Kier alpha value is -1.17. The summed E-state index contributed by atoms with van der Waals surface area (Å²) in [5.41, 5.74) is 5.40. The molecule has 0 radical (unpaired) electrons. The van der Waals surface area contributed by atoms with Gasteiger partial charge in [0.1, 0.15) is 0 Å². The third-order valence-electron chi connectivity index (χ3n) is 2.98. The quantitative estimate of drug-likeness (QED) is 0.531. The van der Waals surface area contributed by atoms with E-state index in [1.807, 2.05) is 31.2 Å². The number of hydrazone groups is 1. The molecule has 0 aliphatic heterocycles. The van der Waals surface area contributed by atoms with Crippen molar-refractivity contribution >= 4 is 55.6 Å². The number of carbonyl (C=O) groups excluding carboxylic acids is 1. The average Bonchev–Trinajstić information content (AvgIpc) is 2.47. The van der Waals surface area contributed by atoms with Gasteiger partial charge in [0.25, 0.3) is 0 Å². The van der Waals surface area contributed by atoms with Crippen LogP contribution in [0.4, 0.5) is 0 Å². The standard InChI is InChI=1S/C16H13Br2ClN2O/c1-10-14(17)6-12(7-15(10)18)9-20-21-16(22)8-11-2-4-13(19)5-3-11/h2-7,9H,8H2,1H3,(H,21,22)/b20-9+. The first-order chi connectivity index (χ1) is 10.5. The lowest BCUT2D eigenvalue weighted by molar-refractivity contribution is -0.120. The van der Waals surface area contributed by atoms with Gasteiger partial charge in [-0.15, -0.1) is 0 Å². The Morgan fingerprint density at radius 1 is 1.23 bits per heavy atom. The Balaban J connectivity index is 1.94. The van der Waals surface area contributed by atoms with Gasteiger partial charge in [0.15, 0.2) is 0 Å². The van der Waals surface area contributed by atoms with Crippen LogP contribution in [0.5, 0.6) is 0 Å². The van der Waals surface area contributed by atoms with Crippen molar-refractivity contribution in [3.63, 3.8) is 0 Å². The number of hydrogen-bond acceptors (Lipinski definition) is 2. The number of hydrogen-bond donors (Lipinski definition) is 1. The molecule has 3 nitrogen and oxygen atoms in total. The first-order valence-electron chi connectivity index (χ1n) is 6.47. The summed E-state index contributed by atoms with van der Waals surface area (Å²) in [6.07, 6.45) is 1.87. The summed E-state index contributed by atoms with van der Waals surface area (Å²) < 4.78 is 1.96. The zero-order valence-electron chi connectivity index (χ0n) is 11.7. The van der Waals surface area contributed by atoms with Crippen LogP contribution < -0.4 is 5.43 Å². The molecule has 6 heteroatoms. The van der Waals surface area contributed by atoms with E-state index in [0.717, 1.165) is 25.6 Å². The van der Waals surface area contributed by atoms with Gasteiger partial charge in [-0.2, -0.15) is 5.10 Å². The van der Waals surface area contributed by atoms with Crippen LogP contribution in [-0.4, -0.2) is 12.1 Å². The van der Waals surface area contributed by atoms with Crippen molar-refractivity contribution in [2.45, 2.75) is 13.3 Å². The van der Waals surface area contributed by atoms with Gasteiger partial charge >= 0.3 is 0 Å². The van der Waals surface area contributed by atoms with Gasteiger partial charge in [0.2, 0.25) is 5.91 Å². The number of benzene rings is 2. The number of rotatable bonds is 4. The van der Waals surface area contributed by atoms with Gasteiger partial charge in [0.05, 0.1) is 12.6 Å². The Morgan fingerprint density at radius 3 is 2.41 bits per heavy atom. The lowest BCUT2D eigenvalue weighted by Crippen LogP contribution is -2.19. The smallest absolute Gasteiger partial charge is 0.244 e. The molecule has 0 spiro atoms. The molecule has 2 rings (SSSR count). The molecule has 0 aromatic heterocycles. The van der Waals surface area contributed by atoms with E-state index in [4.69, 9.17) is 11.6 Å². The van der Waals surface area contributed by atoms with E-state index < -0.39 is 0 Å². The molecule has 0 unspecified atom stereocenters. The summed E-state index contributed by atoms with van der Waals surface area (Å²) >= 11 is 12.8. The van der Waals surface area contributed by atoms with Crippen molar-refractivity contribution in [3.8, 4) is 0 Å². The van der Waals surface area contributed by atoms with E-state index in [2.05, 4.69) is 42.4 Å². The van der Waals surface area contributed by atoms with Crippen molar-refractivity contribution in [1.82, 2.24) is 5.43 Å². The molecule has 0 saturated carbocycles. The predicted octanol–water partition coefficient (Wildman–Crippen LogP) is 4.87. The highest BCUT2D eigenvalue weighted by molar-refractivity contribution is 9.11. The van der Waals surface area contributed by atoms with Gasteiger partial charge in [-0.3, -0.25) is 4.79 Å². The number of nitrogens with zero attached hydrogens (tertiary/aromatic N) is 1. The number of amides is 1. The fraction of sp³-hybridized carbons (Fsp3) is 0.125. The molecule has 0 saturated heterocycles. The molecule has 0 aliphatic carbocycles. The highest BCUT2D eigenvalue weighted by Crippen LogP contribution is 2.25. The van der Waals surface area contributed by atoms with Crippen LogP contribution in [0.25, 0.3) is 0 Å². The summed E-state index contributed by atoms with van der Waals surface area (Å²) in [4.78, 5) is 11.8. The minimum Gasteiger partial charge on any atom is -0.273 e. The topological polar surface area (TPSA) is 41.5 Å². The summed E-state index contributed by atoms with van der Waals surface area (Å²) in [6.45, 7) is 2.00. The van der Waals surface area contributed by atoms with E-state index in [1.165, 1.54) is 0 Å². The van der Waals surface area contributed by atoms with Crippen LogP contribution in [0.15, 0.2) is 50.4 Å². The van der Waals surface area contributed by atoms with Gasteiger partial charge in [-0.25, -0.2) is 5.43 Å². The predicted molar refractivity (Wildman–Crippen MR) is 97.5 cm³/mol. The van der Waals surface area contributed by atoms with Crippen molar-refractivity contribution in [2.75, 3.05) is 0 Å². The summed E-state index contributed by atoms with van der Waals surface area (Å²) in [5, 5.41) is 4.63. The molecule has 0 heterocycles. The van der Waals surface area contributed by atoms with E-state index in [1.54, 1.807) is 18.3 Å². The van der Waals surface area contributed by atoms with Gasteiger partial charge in [-0.05, 0) is 47.9 Å². The third kappa shape index (κ3) is 4.93. The van der Waals surface area contributed by atoms with Gasteiger partial charge in [-0.1, -0.05) is 55.6 Å².